The van der Waals surface area contributed by atoms with Crippen molar-refractivity contribution < 1.29 is 9.21 Å². The number of amides is 1. The van der Waals surface area contributed by atoms with Crippen molar-refractivity contribution in [1.29, 1.82) is 0 Å². The number of hydrogen-bond donors (Lipinski definition) is 1. The van der Waals surface area contributed by atoms with Crippen LogP contribution in [-0.2, 0) is 4.79 Å². The van der Waals surface area contributed by atoms with Gasteiger partial charge in [0.15, 0.2) is 0 Å². The minimum absolute atomic E-state index is 0.0299. The van der Waals surface area contributed by atoms with E-state index in [1.165, 1.54) is 11.3 Å². The van der Waals surface area contributed by atoms with E-state index in [0.29, 0.717) is 5.89 Å². The third kappa shape index (κ3) is 3.04. The molecule has 0 unspecified atom stereocenters. The molecule has 2 aromatic heterocycles. The minimum Gasteiger partial charge on any atom is -0.402 e. The number of anilines is 1. The van der Waals surface area contributed by atoms with Crippen molar-refractivity contribution in [2.75, 3.05) is 5.32 Å². The molecule has 0 bridgehead atoms. The molecule has 0 saturated heterocycles. The second-order valence-corrected chi connectivity index (χ2v) is 5.77. The van der Waals surface area contributed by atoms with Gasteiger partial charge < -0.3 is 4.42 Å². The molecule has 0 fully saturated rings. The molecule has 0 spiro atoms. The lowest BCUT2D eigenvalue weighted by atomic mass is 10.0. The van der Waals surface area contributed by atoms with E-state index < -0.39 is 0 Å². The Kier molecular flexibility index (Phi) is 4.49. The fourth-order valence-corrected chi connectivity index (χ4v) is 2.80. The van der Waals surface area contributed by atoms with E-state index in [-0.39, 0.29) is 17.8 Å². The number of aromatic nitrogens is 3. The van der Waals surface area contributed by atoms with Gasteiger partial charge in [-0.25, -0.2) is 4.98 Å². The first-order chi connectivity index (χ1) is 9.55. The molecule has 7 heteroatoms. The summed E-state index contributed by atoms with van der Waals surface area (Å²) in [5, 5.41) is 11.4. The number of nitrogens with zero attached hydrogens (tertiary/aromatic N) is 3. The van der Waals surface area contributed by atoms with Crippen LogP contribution in [0.2, 0.25) is 0 Å². The Hall–Kier alpha value is -1.76. The molecule has 1 N–H and O–H groups in total. The summed E-state index contributed by atoms with van der Waals surface area (Å²) in [5.74, 6) is 0.285. The quantitative estimate of drug-likeness (QED) is 0.916. The summed E-state index contributed by atoms with van der Waals surface area (Å²) in [6.07, 6.45) is 1.58. The van der Waals surface area contributed by atoms with Crippen molar-refractivity contribution in [3.63, 3.8) is 0 Å². The summed E-state index contributed by atoms with van der Waals surface area (Å²) in [6, 6.07) is 0.141. The fraction of sp³-hybridized carbons (Fsp3) is 0.538. The van der Waals surface area contributed by atoms with E-state index in [9.17, 15) is 4.79 Å². The SMILES string of the molecule is CCC(CC)C(=O)Nc1nnc(-c2sc(C)nc2C)o1. The Morgan fingerprint density at radius 3 is 2.55 bits per heavy atom. The molecule has 0 saturated carbocycles. The van der Waals surface area contributed by atoms with Crippen LogP contribution in [0.4, 0.5) is 6.01 Å². The first-order valence-corrected chi connectivity index (χ1v) is 7.45. The van der Waals surface area contributed by atoms with Crippen LogP contribution in [-0.4, -0.2) is 21.1 Å². The lowest BCUT2D eigenvalue weighted by molar-refractivity contribution is -0.120. The number of rotatable bonds is 5. The maximum absolute atomic E-state index is 11.9. The zero-order valence-electron chi connectivity index (χ0n) is 12.1. The summed E-state index contributed by atoms with van der Waals surface area (Å²) in [4.78, 5) is 17.1. The highest BCUT2D eigenvalue weighted by molar-refractivity contribution is 7.15. The van der Waals surface area contributed by atoms with Gasteiger partial charge in [-0.05, 0) is 26.7 Å². The van der Waals surface area contributed by atoms with E-state index in [0.717, 1.165) is 28.4 Å². The molecule has 2 rings (SSSR count). The summed E-state index contributed by atoms with van der Waals surface area (Å²) in [7, 11) is 0. The van der Waals surface area contributed by atoms with Crippen LogP contribution in [0, 0.1) is 19.8 Å². The lowest BCUT2D eigenvalue weighted by Gasteiger charge is -2.09. The van der Waals surface area contributed by atoms with Crippen LogP contribution in [0.25, 0.3) is 10.8 Å². The minimum atomic E-state index is -0.0811. The van der Waals surface area contributed by atoms with Crippen molar-refractivity contribution in [1.82, 2.24) is 15.2 Å². The number of carbonyl (C=O) groups is 1. The van der Waals surface area contributed by atoms with Crippen LogP contribution < -0.4 is 5.32 Å². The van der Waals surface area contributed by atoms with Crippen molar-refractivity contribution in [3.05, 3.63) is 10.7 Å². The smallest absolute Gasteiger partial charge is 0.322 e. The number of hydrogen-bond acceptors (Lipinski definition) is 6. The molecule has 20 heavy (non-hydrogen) atoms. The van der Waals surface area contributed by atoms with E-state index in [1.54, 1.807) is 0 Å². The van der Waals surface area contributed by atoms with Gasteiger partial charge in [-0.2, -0.15) is 0 Å². The van der Waals surface area contributed by atoms with Crippen LogP contribution in [0.3, 0.4) is 0 Å². The Labute approximate surface area is 121 Å². The molecule has 0 aliphatic heterocycles. The van der Waals surface area contributed by atoms with Gasteiger partial charge in [0.2, 0.25) is 5.91 Å². The summed E-state index contributed by atoms with van der Waals surface area (Å²) < 4.78 is 5.49. The predicted octanol–water partition coefficient (Wildman–Crippen LogP) is 3.18. The number of carbonyl (C=O) groups excluding carboxylic acids is 1. The second-order valence-electron chi connectivity index (χ2n) is 4.56. The average Bonchev–Trinajstić information content (AvgIpc) is 2.97. The molecule has 6 nitrogen and oxygen atoms in total. The molecule has 2 heterocycles. The second kappa shape index (κ2) is 6.13. The Morgan fingerprint density at radius 2 is 2.00 bits per heavy atom. The van der Waals surface area contributed by atoms with Crippen molar-refractivity contribution in [3.8, 4) is 10.8 Å². The number of nitrogens with one attached hydrogen (secondary N) is 1. The number of thiazole rings is 1. The van der Waals surface area contributed by atoms with Gasteiger partial charge in [0.05, 0.1) is 10.7 Å². The third-order valence-corrected chi connectivity index (χ3v) is 4.17. The molecule has 1 amide bonds. The van der Waals surface area contributed by atoms with Gasteiger partial charge in [-0.3, -0.25) is 10.1 Å². The first-order valence-electron chi connectivity index (χ1n) is 6.63. The normalized spacial score (nSPS) is 11.1. The molecular formula is C13H18N4O2S. The average molecular weight is 294 g/mol. The predicted molar refractivity (Wildman–Crippen MR) is 77.6 cm³/mol. The topological polar surface area (TPSA) is 80.9 Å². The molecule has 0 aromatic carbocycles. The summed E-state index contributed by atoms with van der Waals surface area (Å²) in [6.45, 7) is 7.78. The van der Waals surface area contributed by atoms with Gasteiger partial charge in [-0.1, -0.05) is 18.9 Å². The van der Waals surface area contributed by atoms with Gasteiger partial charge >= 0.3 is 6.01 Å². The Bertz CT molecular complexity index is 601. The maximum atomic E-state index is 11.9. The van der Waals surface area contributed by atoms with E-state index in [4.69, 9.17) is 4.42 Å². The Morgan fingerprint density at radius 1 is 1.30 bits per heavy atom. The highest BCUT2D eigenvalue weighted by Crippen LogP contribution is 2.29. The molecule has 108 valence electrons. The van der Waals surface area contributed by atoms with E-state index in [2.05, 4.69) is 20.5 Å². The number of aryl methyl sites for hydroxylation is 2. The molecule has 0 aliphatic rings. The van der Waals surface area contributed by atoms with Gasteiger partial charge in [-0.15, -0.1) is 16.4 Å². The molecule has 0 atom stereocenters. The fourth-order valence-electron chi connectivity index (χ4n) is 1.96. The third-order valence-electron chi connectivity index (χ3n) is 3.11. The molecule has 0 radical (unpaired) electrons. The lowest BCUT2D eigenvalue weighted by Crippen LogP contribution is -2.21. The molecule has 2 aromatic rings. The highest BCUT2D eigenvalue weighted by atomic mass is 32.1. The van der Waals surface area contributed by atoms with Crippen LogP contribution in [0.5, 0.6) is 0 Å². The van der Waals surface area contributed by atoms with Crippen LogP contribution >= 0.6 is 11.3 Å². The largest absolute Gasteiger partial charge is 0.402 e. The summed E-state index contributed by atoms with van der Waals surface area (Å²) in [5.41, 5.74) is 0.856. The van der Waals surface area contributed by atoms with Crippen molar-refractivity contribution in [2.24, 2.45) is 5.92 Å². The van der Waals surface area contributed by atoms with E-state index in [1.807, 2.05) is 27.7 Å². The van der Waals surface area contributed by atoms with Crippen LogP contribution in [0.1, 0.15) is 37.4 Å². The monoisotopic (exact) mass is 294 g/mol. The van der Waals surface area contributed by atoms with Gasteiger partial charge in [0.1, 0.15) is 4.88 Å². The molecule has 0 aliphatic carbocycles. The van der Waals surface area contributed by atoms with Crippen molar-refractivity contribution in [2.45, 2.75) is 40.5 Å². The first kappa shape index (κ1) is 14.6. The Balaban J connectivity index is 2.13. The van der Waals surface area contributed by atoms with Crippen molar-refractivity contribution >= 4 is 23.3 Å². The maximum Gasteiger partial charge on any atom is 0.322 e. The standard InChI is InChI=1S/C13H18N4O2S/c1-5-9(6-2)11(18)15-13-17-16-12(19-13)10-7(3)14-8(4)20-10/h9H,5-6H2,1-4H3,(H,15,17,18). The highest BCUT2D eigenvalue weighted by Gasteiger charge is 2.19. The van der Waals surface area contributed by atoms with Gasteiger partial charge in [0.25, 0.3) is 5.89 Å². The van der Waals surface area contributed by atoms with Gasteiger partial charge in [0, 0.05) is 5.92 Å². The van der Waals surface area contributed by atoms with Crippen LogP contribution in [0.15, 0.2) is 4.42 Å². The van der Waals surface area contributed by atoms with E-state index >= 15 is 0 Å². The zero-order chi connectivity index (χ0) is 14.7. The summed E-state index contributed by atoms with van der Waals surface area (Å²) >= 11 is 1.49. The zero-order valence-corrected chi connectivity index (χ0v) is 12.9. The molecular weight excluding hydrogens is 276 g/mol.